The summed E-state index contributed by atoms with van der Waals surface area (Å²) < 4.78 is 1.27. The molecule has 0 aliphatic carbocycles. The predicted molar refractivity (Wildman–Crippen MR) is 95.8 cm³/mol. The van der Waals surface area contributed by atoms with E-state index in [0.29, 0.717) is 5.92 Å². The molecule has 0 bridgehead atoms. The quantitative estimate of drug-likeness (QED) is 0.514. The van der Waals surface area contributed by atoms with Crippen molar-refractivity contribution in [2.24, 2.45) is 5.92 Å². The summed E-state index contributed by atoms with van der Waals surface area (Å²) in [5.74, 6) is 0.532. The molecular weight excluding hydrogens is 366 g/mol. The monoisotopic (exact) mass is 379 g/mol. The zero-order valence-electron chi connectivity index (χ0n) is 11.4. The average Bonchev–Trinajstić information content (AvgIpc) is 2.89. The van der Waals surface area contributed by atoms with E-state index in [9.17, 15) is 0 Å². The second-order valence-electron chi connectivity index (χ2n) is 5.13. The van der Waals surface area contributed by atoms with E-state index in [4.69, 9.17) is 16.6 Å². The number of halogens is 2. The Balaban J connectivity index is 1.74. The highest BCUT2D eigenvalue weighted by atomic mass is 79.9. The van der Waals surface area contributed by atoms with Crippen molar-refractivity contribution in [1.82, 2.24) is 4.98 Å². The molecule has 0 aliphatic heterocycles. The molecule has 0 aliphatic rings. The van der Waals surface area contributed by atoms with E-state index in [2.05, 4.69) is 46.3 Å². The van der Waals surface area contributed by atoms with Crippen molar-refractivity contribution in [3.8, 4) is 0 Å². The number of thiazole rings is 1. The summed E-state index contributed by atoms with van der Waals surface area (Å²) in [5.41, 5.74) is 2.39. The smallest absolute Gasteiger partial charge is 0.0941 e. The van der Waals surface area contributed by atoms with Gasteiger partial charge in [0.1, 0.15) is 0 Å². The van der Waals surface area contributed by atoms with Crippen molar-refractivity contribution >= 4 is 49.1 Å². The lowest BCUT2D eigenvalue weighted by Crippen LogP contribution is -2.09. The first-order chi connectivity index (χ1) is 10.2. The van der Waals surface area contributed by atoms with E-state index in [0.717, 1.165) is 28.7 Å². The number of alkyl halides is 1. The fourth-order valence-electron chi connectivity index (χ4n) is 2.43. The van der Waals surface area contributed by atoms with Gasteiger partial charge in [-0.1, -0.05) is 51.8 Å². The first-order valence-electron chi connectivity index (χ1n) is 6.89. The van der Waals surface area contributed by atoms with Gasteiger partial charge in [0.25, 0.3) is 0 Å². The highest BCUT2D eigenvalue weighted by molar-refractivity contribution is 9.09. The zero-order chi connectivity index (χ0) is 14.7. The van der Waals surface area contributed by atoms with Crippen LogP contribution in [0.25, 0.3) is 10.2 Å². The Morgan fingerprint density at radius 3 is 2.71 bits per heavy atom. The highest BCUT2D eigenvalue weighted by Gasteiger charge is 2.13. The van der Waals surface area contributed by atoms with Gasteiger partial charge in [0, 0.05) is 16.8 Å². The van der Waals surface area contributed by atoms with E-state index >= 15 is 0 Å². The summed E-state index contributed by atoms with van der Waals surface area (Å²) in [6.07, 6.45) is 2.01. The van der Waals surface area contributed by atoms with Gasteiger partial charge >= 0.3 is 0 Å². The van der Waals surface area contributed by atoms with Crippen LogP contribution in [-0.2, 0) is 12.8 Å². The molecule has 21 heavy (non-hydrogen) atoms. The van der Waals surface area contributed by atoms with E-state index in [1.165, 1.54) is 15.3 Å². The third-order valence-electron chi connectivity index (χ3n) is 3.43. The standard InChI is InChI=1S/C17H15BrClNS/c18-11-13(8-12-4-3-5-14(19)9-12)10-17-20-15-6-1-2-7-16(15)21-17/h1-7,9,13H,8,10-11H2. The van der Waals surface area contributed by atoms with Crippen molar-refractivity contribution in [2.45, 2.75) is 12.8 Å². The molecule has 0 saturated carbocycles. The largest absolute Gasteiger partial charge is 0.241 e. The Bertz CT molecular complexity index is 707. The lowest BCUT2D eigenvalue weighted by Gasteiger charge is -2.12. The number of fused-ring (bicyclic) bond motifs is 1. The van der Waals surface area contributed by atoms with Crippen LogP contribution in [0.4, 0.5) is 0 Å². The van der Waals surface area contributed by atoms with Gasteiger partial charge in [-0.2, -0.15) is 0 Å². The van der Waals surface area contributed by atoms with Gasteiger partial charge in [-0.15, -0.1) is 11.3 Å². The van der Waals surface area contributed by atoms with Crippen molar-refractivity contribution in [3.63, 3.8) is 0 Å². The molecule has 1 aromatic heterocycles. The number of rotatable bonds is 5. The molecule has 0 radical (unpaired) electrons. The molecule has 0 fully saturated rings. The van der Waals surface area contributed by atoms with Gasteiger partial charge in [0.15, 0.2) is 0 Å². The van der Waals surface area contributed by atoms with Gasteiger partial charge in [0.05, 0.1) is 15.2 Å². The lowest BCUT2D eigenvalue weighted by atomic mass is 9.98. The van der Waals surface area contributed by atoms with Crippen LogP contribution in [0.5, 0.6) is 0 Å². The van der Waals surface area contributed by atoms with Crippen molar-refractivity contribution in [2.75, 3.05) is 5.33 Å². The van der Waals surface area contributed by atoms with E-state index in [1.807, 2.05) is 18.2 Å². The second-order valence-corrected chi connectivity index (χ2v) is 7.33. The minimum absolute atomic E-state index is 0.532. The van der Waals surface area contributed by atoms with Crippen molar-refractivity contribution in [1.29, 1.82) is 0 Å². The van der Waals surface area contributed by atoms with Gasteiger partial charge in [-0.25, -0.2) is 4.98 Å². The zero-order valence-corrected chi connectivity index (χ0v) is 14.6. The third-order valence-corrected chi connectivity index (χ3v) is 5.64. The van der Waals surface area contributed by atoms with Crippen LogP contribution in [-0.4, -0.2) is 10.3 Å². The Labute approximate surface area is 142 Å². The summed E-state index contributed by atoms with van der Waals surface area (Å²) in [5, 5.41) is 2.98. The van der Waals surface area contributed by atoms with E-state index in [1.54, 1.807) is 11.3 Å². The fraction of sp³-hybridized carbons (Fsp3) is 0.235. The lowest BCUT2D eigenvalue weighted by molar-refractivity contribution is 0.590. The molecule has 1 atom stereocenters. The molecule has 4 heteroatoms. The Hall–Kier alpha value is -0.900. The number of hydrogen-bond donors (Lipinski definition) is 0. The number of aromatic nitrogens is 1. The Kier molecular flexibility index (Phi) is 4.94. The first-order valence-corrected chi connectivity index (χ1v) is 9.21. The van der Waals surface area contributed by atoms with Crippen LogP contribution in [0.3, 0.4) is 0 Å². The van der Waals surface area contributed by atoms with Crippen LogP contribution in [0, 0.1) is 5.92 Å². The molecule has 1 nitrogen and oxygen atoms in total. The summed E-state index contributed by atoms with van der Waals surface area (Å²) in [6, 6.07) is 16.4. The van der Waals surface area contributed by atoms with Crippen LogP contribution in [0.1, 0.15) is 10.6 Å². The van der Waals surface area contributed by atoms with Gasteiger partial charge in [0.2, 0.25) is 0 Å². The maximum atomic E-state index is 6.06. The van der Waals surface area contributed by atoms with Crippen LogP contribution in [0.2, 0.25) is 5.02 Å². The predicted octanol–water partition coefficient (Wildman–Crippen LogP) is 5.75. The van der Waals surface area contributed by atoms with Crippen LogP contribution in [0.15, 0.2) is 48.5 Å². The van der Waals surface area contributed by atoms with E-state index < -0.39 is 0 Å². The summed E-state index contributed by atoms with van der Waals surface area (Å²) in [7, 11) is 0. The second kappa shape index (κ2) is 6.91. The van der Waals surface area contributed by atoms with E-state index in [-0.39, 0.29) is 0 Å². The van der Waals surface area contributed by atoms with Crippen LogP contribution < -0.4 is 0 Å². The minimum Gasteiger partial charge on any atom is -0.241 e. The molecule has 1 heterocycles. The molecule has 0 saturated heterocycles. The maximum absolute atomic E-state index is 6.06. The topological polar surface area (TPSA) is 12.9 Å². The van der Waals surface area contributed by atoms with Crippen molar-refractivity contribution < 1.29 is 0 Å². The van der Waals surface area contributed by atoms with Gasteiger partial charge in [-0.05, 0) is 42.2 Å². The number of hydrogen-bond acceptors (Lipinski definition) is 2. The Morgan fingerprint density at radius 1 is 1.10 bits per heavy atom. The molecular formula is C17H15BrClNS. The maximum Gasteiger partial charge on any atom is 0.0941 e. The molecule has 108 valence electrons. The van der Waals surface area contributed by atoms with Gasteiger partial charge in [-0.3, -0.25) is 0 Å². The first kappa shape index (κ1) is 15.0. The summed E-state index contributed by atoms with van der Waals surface area (Å²) in [4.78, 5) is 4.73. The average molecular weight is 381 g/mol. The molecule has 0 N–H and O–H groups in total. The van der Waals surface area contributed by atoms with Gasteiger partial charge < -0.3 is 0 Å². The minimum atomic E-state index is 0.532. The number of nitrogens with zero attached hydrogens (tertiary/aromatic N) is 1. The summed E-state index contributed by atoms with van der Waals surface area (Å²) >= 11 is 11.5. The molecule has 1 unspecified atom stereocenters. The van der Waals surface area contributed by atoms with Crippen molar-refractivity contribution in [3.05, 3.63) is 64.1 Å². The highest BCUT2D eigenvalue weighted by Crippen LogP contribution is 2.26. The third kappa shape index (κ3) is 3.85. The molecule has 0 spiro atoms. The normalized spacial score (nSPS) is 12.7. The molecule has 3 aromatic rings. The molecule has 3 rings (SSSR count). The number of para-hydroxylation sites is 1. The van der Waals surface area contributed by atoms with Crippen LogP contribution >= 0.6 is 38.9 Å². The molecule has 2 aromatic carbocycles. The fourth-order valence-corrected chi connectivity index (χ4v) is 4.19. The Morgan fingerprint density at radius 2 is 1.95 bits per heavy atom. The SMILES string of the molecule is Clc1cccc(CC(CBr)Cc2nc3ccccc3s2)c1. The number of benzene rings is 2. The summed E-state index contributed by atoms with van der Waals surface area (Å²) in [6.45, 7) is 0. The molecule has 0 amide bonds.